The summed E-state index contributed by atoms with van der Waals surface area (Å²) in [7, 11) is 0. The van der Waals surface area contributed by atoms with Crippen LogP contribution in [-0.4, -0.2) is 26.2 Å². The number of non-ortho nitro benzene ring substituents is 1. The molecule has 0 bridgehead atoms. The number of carboxylic acids is 1. The van der Waals surface area contributed by atoms with E-state index in [-0.39, 0.29) is 15.6 Å². The number of nitro groups is 1. The summed E-state index contributed by atoms with van der Waals surface area (Å²) in [6.07, 6.45) is 1.53. The lowest BCUT2D eigenvalue weighted by Gasteiger charge is -2.17. The number of anilines is 1. The SMILES string of the molecule is Cc1ccc(C(=O)O)cc1N1C(=O)C(=Cc2cccc([N+](=O)[O-])c2)SC1=S. The van der Waals surface area contributed by atoms with Gasteiger partial charge in [0.15, 0.2) is 4.32 Å². The Kier molecular flexibility index (Phi) is 5.06. The number of thioether (sulfide) groups is 1. The molecule has 0 aromatic heterocycles. The Labute approximate surface area is 163 Å². The lowest BCUT2D eigenvalue weighted by atomic mass is 10.1. The molecule has 1 heterocycles. The third kappa shape index (κ3) is 3.74. The van der Waals surface area contributed by atoms with Crippen molar-refractivity contribution in [1.82, 2.24) is 0 Å². The van der Waals surface area contributed by atoms with Crippen LogP contribution in [-0.2, 0) is 4.79 Å². The highest BCUT2D eigenvalue weighted by molar-refractivity contribution is 8.27. The van der Waals surface area contributed by atoms with E-state index in [1.807, 2.05) is 0 Å². The number of nitrogens with zero attached hydrogens (tertiary/aromatic N) is 2. The van der Waals surface area contributed by atoms with Crippen LogP contribution in [0.15, 0.2) is 47.4 Å². The van der Waals surface area contributed by atoms with Crippen LogP contribution in [0.1, 0.15) is 21.5 Å². The minimum Gasteiger partial charge on any atom is -0.478 e. The quantitative estimate of drug-likeness (QED) is 0.358. The van der Waals surface area contributed by atoms with Gasteiger partial charge in [-0.15, -0.1) is 0 Å². The van der Waals surface area contributed by atoms with Crippen LogP contribution in [0.5, 0.6) is 0 Å². The summed E-state index contributed by atoms with van der Waals surface area (Å²) in [6.45, 7) is 1.75. The fourth-order valence-electron chi connectivity index (χ4n) is 2.54. The molecule has 0 spiro atoms. The van der Waals surface area contributed by atoms with E-state index in [1.54, 1.807) is 19.1 Å². The van der Waals surface area contributed by atoms with E-state index in [0.717, 1.165) is 11.8 Å². The number of amides is 1. The van der Waals surface area contributed by atoms with Crippen molar-refractivity contribution < 1.29 is 19.6 Å². The lowest BCUT2D eigenvalue weighted by Crippen LogP contribution is -2.28. The van der Waals surface area contributed by atoms with Crippen molar-refractivity contribution in [1.29, 1.82) is 0 Å². The number of rotatable bonds is 4. The van der Waals surface area contributed by atoms with Gasteiger partial charge in [-0.2, -0.15) is 0 Å². The van der Waals surface area contributed by atoms with Crippen LogP contribution < -0.4 is 4.90 Å². The monoisotopic (exact) mass is 400 g/mol. The largest absolute Gasteiger partial charge is 0.478 e. The third-order valence-electron chi connectivity index (χ3n) is 3.87. The van der Waals surface area contributed by atoms with Crippen LogP contribution in [0.2, 0.25) is 0 Å². The van der Waals surface area contributed by atoms with Crippen LogP contribution in [0.4, 0.5) is 11.4 Å². The van der Waals surface area contributed by atoms with Crippen molar-refractivity contribution in [2.75, 3.05) is 4.90 Å². The fourth-order valence-corrected chi connectivity index (χ4v) is 3.82. The number of thiocarbonyl (C=S) groups is 1. The molecule has 2 aromatic rings. The van der Waals surface area contributed by atoms with Gasteiger partial charge in [-0.1, -0.05) is 42.2 Å². The highest BCUT2D eigenvalue weighted by Crippen LogP contribution is 2.37. The van der Waals surface area contributed by atoms with Crippen LogP contribution >= 0.6 is 24.0 Å². The summed E-state index contributed by atoms with van der Waals surface area (Å²) in [6, 6.07) is 10.4. The first-order chi connectivity index (χ1) is 12.8. The summed E-state index contributed by atoms with van der Waals surface area (Å²) < 4.78 is 0.266. The van der Waals surface area contributed by atoms with Crippen molar-refractivity contribution in [3.63, 3.8) is 0 Å². The van der Waals surface area contributed by atoms with Gasteiger partial charge in [-0.05, 0) is 36.3 Å². The summed E-state index contributed by atoms with van der Waals surface area (Å²) in [4.78, 5) is 36.1. The van der Waals surface area contributed by atoms with Crippen molar-refractivity contribution in [2.24, 2.45) is 0 Å². The Morgan fingerprint density at radius 1 is 1.30 bits per heavy atom. The first-order valence-corrected chi connectivity index (χ1v) is 8.87. The van der Waals surface area contributed by atoms with Gasteiger partial charge in [0, 0.05) is 12.1 Å². The molecule has 27 heavy (non-hydrogen) atoms. The number of aromatic carboxylic acids is 1. The van der Waals surface area contributed by atoms with Crippen molar-refractivity contribution >= 4 is 57.6 Å². The summed E-state index contributed by atoms with van der Waals surface area (Å²) in [5.74, 6) is -1.50. The summed E-state index contributed by atoms with van der Waals surface area (Å²) >= 11 is 6.36. The normalized spacial score (nSPS) is 15.4. The number of hydrogen-bond acceptors (Lipinski definition) is 6. The second kappa shape index (κ2) is 7.29. The van der Waals surface area contributed by atoms with Crippen LogP contribution in [0, 0.1) is 17.0 Å². The summed E-state index contributed by atoms with van der Waals surface area (Å²) in [5, 5.41) is 20.1. The van der Waals surface area contributed by atoms with Gasteiger partial charge >= 0.3 is 5.97 Å². The molecule has 1 aliphatic rings. The predicted octanol–water partition coefficient (Wildman–Crippen LogP) is 4.01. The second-order valence-corrected chi connectivity index (χ2v) is 7.35. The first-order valence-electron chi connectivity index (χ1n) is 7.64. The van der Waals surface area contributed by atoms with Gasteiger partial charge < -0.3 is 5.11 Å². The first kappa shape index (κ1) is 18.7. The van der Waals surface area contributed by atoms with E-state index in [4.69, 9.17) is 12.2 Å². The molecular weight excluding hydrogens is 388 g/mol. The van der Waals surface area contributed by atoms with Crippen molar-refractivity contribution in [3.05, 3.63) is 74.2 Å². The number of carbonyl (C=O) groups is 2. The highest BCUT2D eigenvalue weighted by Gasteiger charge is 2.34. The Morgan fingerprint density at radius 2 is 2.04 bits per heavy atom. The Hall–Kier alpha value is -3.04. The summed E-state index contributed by atoms with van der Waals surface area (Å²) in [5.41, 5.74) is 1.57. The lowest BCUT2D eigenvalue weighted by molar-refractivity contribution is -0.384. The average Bonchev–Trinajstić information content (AvgIpc) is 2.89. The Morgan fingerprint density at radius 3 is 2.70 bits per heavy atom. The molecule has 136 valence electrons. The molecule has 2 aromatic carbocycles. The predicted molar refractivity (Wildman–Crippen MR) is 107 cm³/mol. The molecule has 1 saturated heterocycles. The minimum absolute atomic E-state index is 0.0484. The molecule has 0 radical (unpaired) electrons. The van der Waals surface area contributed by atoms with Crippen LogP contribution in [0.3, 0.4) is 0 Å². The molecule has 9 heteroatoms. The van der Waals surface area contributed by atoms with Crippen LogP contribution in [0.25, 0.3) is 6.08 Å². The van der Waals surface area contributed by atoms with Gasteiger partial charge in [-0.25, -0.2) is 4.79 Å². The molecule has 0 aliphatic carbocycles. The molecule has 1 aliphatic heterocycles. The molecule has 3 rings (SSSR count). The molecule has 0 atom stereocenters. The Bertz CT molecular complexity index is 1030. The van der Waals surface area contributed by atoms with Gasteiger partial charge in [0.25, 0.3) is 11.6 Å². The molecule has 0 saturated carbocycles. The molecule has 1 N–H and O–H groups in total. The van der Waals surface area contributed by atoms with Gasteiger partial charge in [0.2, 0.25) is 0 Å². The minimum atomic E-state index is -1.10. The number of carboxylic acid groups (broad SMARTS) is 1. The van der Waals surface area contributed by atoms with Gasteiger partial charge in [0.05, 0.1) is 21.1 Å². The molecule has 1 fully saturated rings. The Balaban J connectivity index is 1.99. The van der Waals surface area contributed by atoms with E-state index in [2.05, 4.69) is 0 Å². The number of aryl methyl sites for hydroxylation is 1. The standard InChI is InChI=1S/C18H12N2O5S2/c1-10-5-6-12(17(22)23)9-14(10)19-16(21)15(27-18(19)26)8-11-3-2-4-13(7-11)20(24)25/h2-9H,1H3,(H,22,23). The van der Waals surface area contributed by atoms with Crippen molar-refractivity contribution in [2.45, 2.75) is 6.92 Å². The maximum Gasteiger partial charge on any atom is 0.335 e. The van der Waals surface area contributed by atoms with E-state index >= 15 is 0 Å². The van der Waals surface area contributed by atoms with E-state index in [1.165, 1.54) is 41.3 Å². The van der Waals surface area contributed by atoms with Crippen molar-refractivity contribution in [3.8, 4) is 0 Å². The third-order valence-corrected chi connectivity index (χ3v) is 5.17. The molecular formula is C18H12N2O5S2. The number of carbonyl (C=O) groups excluding carboxylic acids is 1. The van der Waals surface area contributed by atoms with Gasteiger partial charge in [0.1, 0.15) is 0 Å². The van der Waals surface area contributed by atoms with E-state index < -0.39 is 16.8 Å². The number of hydrogen-bond donors (Lipinski definition) is 1. The average molecular weight is 400 g/mol. The molecule has 0 unspecified atom stereocenters. The second-order valence-electron chi connectivity index (χ2n) is 5.68. The van der Waals surface area contributed by atoms with E-state index in [9.17, 15) is 24.8 Å². The zero-order valence-corrected chi connectivity index (χ0v) is 15.5. The highest BCUT2D eigenvalue weighted by atomic mass is 32.2. The number of benzene rings is 2. The number of nitro benzene ring substituents is 1. The smallest absolute Gasteiger partial charge is 0.335 e. The fraction of sp³-hybridized carbons (Fsp3) is 0.0556. The molecule has 1 amide bonds. The zero-order valence-electron chi connectivity index (χ0n) is 13.9. The zero-order chi connectivity index (χ0) is 19.7. The maximum atomic E-state index is 12.8. The molecule has 7 nitrogen and oxygen atoms in total. The van der Waals surface area contributed by atoms with Gasteiger partial charge in [-0.3, -0.25) is 19.8 Å². The maximum absolute atomic E-state index is 12.8. The van der Waals surface area contributed by atoms with E-state index in [0.29, 0.717) is 21.7 Å². The topological polar surface area (TPSA) is 101 Å².